The van der Waals surface area contributed by atoms with E-state index in [4.69, 9.17) is 15.2 Å². The van der Waals surface area contributed by atoms with Gasteiger partial charge in [-0.15, -0.1) is 4.98 Å². The first kappa shape index (κ1) is 15.0. The highest BCUT2D eigenvalue weighted by molar-refractivity contribution is 5.40. The summed E-state index contributed by atoms with van der Waals surface area (Å²) in [6, 6.07) is 6.35. The third-order valence-corrected chi connectivity index (χ3v) is 2.88. The lowest BCUT2D eigenvalue weighted by Crippen LogP contribution is -2.05. The summed E-state index contributed by atoms with van der Waals surface area (Å²) in [5.74, 6) is 1.12. The highest BCUT2D eigenvalue weighted by atomic mass is 16.5. The van der Waals surface area contributed by atoms with Crippen LogP contribution in [-0.2, 0) is 0 Å². The van der Waals surface area contributed by atoms with Gasteiger partial charge in [0.15, 0.2) is 0 Å². The molecule has 0 amide bonds. The second-order valence-electron chi connectivity index (χ2n) is 4.99. The van der Waals surface area contributed by atoms with Gasteiger partial charge in [-0.2, -0.15) is 9.97 Å². The highest BCUT2D eigenvalue weighted by Crippen LogP contribution is 2.30. The maximum Gasteiger partial charge on any atom is 0.330 e. The van der Waals surface area contributed by atoms with Crippen LogP contribution in [0.3, 0.4) is 0 Å². The molecule has 0 bridgehead atoms. The highest BCUT2D eigenvalue weighted by Gasteiger charge is 2.12. The van der Waals surface area contributed by atoms with Crippen LogP contribution >= 0.6 is 0 Å². The lowest BCUT2D eigenvalue weighted by atomic mass is 10.0. The lowest BCUT2D eigenvalue weighted by Gasteiger charge is -2.13. The van der Waals surface area contributed by atoms with Crippen LogP contribution in [0.4, 0.5) is 5.95 Å². The molecular weight excluding hydrogens is 268 g/mol. The minimum absolute atomic E-state index is 0.0715. The number of nitrogens with zero attached hydrogens (tertiary/aromatic N) is 3. The summed E-state index contributed by atoms with van der Waals surface area (Å²) in [4.78, 5) is 12.0. The Morgan fingerprint density at radius 2 is 1.86 bits per heavy atom. The van der Waals surface area contributed by atoms with Gasteiger partial charge in [-0.25, -0.2) is 0 Å². The molecule has 0 aliphatic carbocycles. The molecule has 2 rings (SSSR count). The zero-order valence-corrected chi connectivity index (χ0v) is 12.8. The summed E-state index contributed by atoms with van der Waals surface area (Å²) < 4.78 is 11.0. The standard InChI is InChI=1S/C15H20N4O2/c1-5-20-14-17-13(16)18-15(19-14)21-12-8-10(4)6-7-11(12)9(2)3/h6-9H,5H2,1-4H3,(H2,16,17,18,19). The van der Waals surface area contributed by atoms with Crippen molar-refractivity contribution in [2.75, 3.05) is 12.3 Å². The third kappa shape index (κ3) is 3.81. The van der Waals surface area contributed by atoms with Crippen LogP contribution in [0.2, 0.25) is 0 Å². The van der Waals surface area contributed by atoms with Crippen molar-refractivity contribution in [2.45, 2.75) is 33.6 Å². The number of hydrogen-bond donors (Lipinski definition) is 1. The third-order valence-electron chi connectivity index (χ3n) is 2.88. The van der Waals surface area contributed by atoms with Gasteiger partial charge in [0.1, 0.15) is 5.75 Å². The van der Waals surface area contributed by atoms with Gasteiger partial charge in [-0.3, -0.25) is 0 Å². The predicted molar refractivity (Wildman–Crippen MR) is 80.8 cm³/mol. The van der Waals surface area contributed by atoms with Crippen LogP contribution in [0.5, 0.6) is 17.8 Å². The van der Waals surface area contributed by atoms with Gasteiger partial charge in [0.05, 0.1) is 6.61 Å². The molecule has 0 unspecified atom stereocenters. The molecular formula is C15H20N4O2. The fraction of sp³-hybridized carbons (Fsp3) is 0.400. The molecule has 21 heavy (non-hydrogen) atoms. The molecule has 2 N–H and O–H groups in total. The predicted octanol–water partition coefficient (Wildman–Crippen LogP) is 3.08. The molecule has 0 aliphatic heterocycles. The molecule has 0 saturated carbocycles. The molecule has 1 heterocycles. The van der Waals surface area contributed by atoms with Crippen molar-refractivity contribution in [1.29, 1.82) is 0 Å². The summed E-state index contributed by atoms with van der Waals surface area (Å²) in [6.07, 6.45) is 0. The van der Waals surface area contributed by atoms with Crippen molar-refractivity contribution in [3.63, 3.8) is 0 Å². The molecule has 1 aromatic carbocycles. The van der Waals surface area contributed by atoms with E-state index in [1.807, 2.05) is 26.0 Å². The molecule has 0 aliphatic rings. The first-order valence-corrected chi connectivity index (χ1v) is 6.92. The zero-order valence-electron chi connectivity index (χ0n) is 12.8. The van der Waals surface area contributed by atoms with Crippen molar-refractivity contribution >= 4 is 5.95 Å². The minimum atomic E-state index is 0.0715. The van der Waals surface area contributed by atoms with Crippen LogP contribution in [-0.4, -0.2) is 21.6 Å². The van der Waals surface area contributed by atoms with Crippen molar-refractivity contribution in [1.82, 2.24) is 15.0 Å². The second kappa shape index (κ2) is 6.39. The second-order valence-corrected chi connectivity index (χ2v) is 4.99. The van der Waals surface area contributed by atoms with Crippen molar-refractivity contribution in [3.05, 3.63) is 29.3 Å². The van der Waals surface area contributed by atoms with E-state index in [-0.39, 0.29) is 18.0 Å². The smallest absolute Gasteiger partial charge is 0.330 e. The number of aryl methyl sites for hydroxylation is 1. The topological polar surface area (TPSA) is 83.2 Å². The van der Waals surface area contributed by atoms with Gasteiger partial charge < -0.3 is 15.2 Å². The van der Waals surface area contributed by atoms with Crippen LogP contribution < -0.4 is 15.2 Å². The Bertz CT molecular complexity index is 629. The summed E-state index contributed by atoms with van der Waals surface area (Å²) in [5.41, 5.74) is 7.83. The van der Waals surface area contributed by atoms with Gasteiger partial charge in [-0.05, 0) is 37.0 Å². The number of hydrogen-bond acceptors (Lipinski definition) is 6. The van der Waals surface area contributed by atoms with Crippen molar-refractivity contribution < 1.29 is 9.47 Å². The average Bonchev–Trinajstić information content (AvgIpc) is 2.38. The Kier molecular flexibility index (Phi) is 4.57. The summed E-state index contributed by atoms with van der Waals surface area (Å²) in [6.45, 7) is 8.50. The number of ether oxygens (including phenoxy) is 2. The Morgan fingerprint density at radius 1 is 1.14 bits per heavy atom. The first-order valence-electron chi connectivity index (χ1n) is 6.92. The number of anilines is 1. The molecule has 112 valence electrons. The van der Waals surface area contributed by atoms with E-state index < -0.39 is 0 Å². The van der Waals surface area contributed by atoms with Crippen LogP contribution in [0.1, 0.15) is 37.8 Å². The van der Waals surface area contributed by atoms with Gasteiger partial charge in [0.25, 0.3) is 0 Å². The van der Waals surface area contributed by atoms with Gasteiger partial charge in [-0.1, -0.05) is 26.0 Å². The molecule has 0 spiro atoms. The summed E-state index contributed by atoms with van der Waals surface area (Å²) >= 11 is 0. The summed E-state index contributed by atoms with van der Waals surface area (Å²) in [5, 5.41) is 0. The largest absolute Gasteiger partial charge is 0.464 e. The van der Waals surface area contributed by atoms with E-state index in [9.17, 15) is 0 Å². The Morgan fingerprint density at radius 3 is 2.52 bits per heavy atom. The van der Waals surface area contributed by atoms with E-state index in [1.54, 1.807) is 0 Å². The number of benzene rings is 1. The molecule has 2 aromatic rings. The Hall–Kier alpha value is -2.37. The molecule has 0 radical (unpaired) electrons. The fourth-order valence-corrected chi connectivity index (χ4v) is 1.90. The van der Waals surface area contributed by atoms with Gasteiger partial charge in [0, 0.05) is 0 Å². The molecule has 1 aromatic heterocycles. The maximum atomic E-state index is 5.80. The Labute approximate surface area is 124 Å². The maximum absolute atomic E-state index is 5.80. The SMILES string of the molecule is CCOc1nc(N)nc(Oc2cc(C)ccc2C(C)C)n1. The molecule has 0 fully saturated rings. The Balaban J connectivity index is 2.35. The van der Waals surface area contributed by atoms with Crippen LogP contribution in [0.15, 0.2) is 18.2 Å². The van der Waals surface area contributed by atoms with Crippen molar-refractivity contribution in [2.24, 2.45) is 0 Å². The molecule has 6 nitrogen and oxygen atoms in total. The van der Waals surface area contributed by atoms with E-state index in [1.165, 1.54) is 0 Å². The normalized spacial score (nSPS) is 10.7. The van der Waals surface area contributed by atoms with Crippen LogP contribution in [0.25, 0.3) is 0 Å². The van der Waals surface area contributed by atoms with E-state index in [0.717, 1.165) is 16.9 Å². The number of nitrogens with two attached hydrogens (primary N) is 1. The lowest BCUT2D eigenvalue weighted by molar-refractivity contribution is 0.303. The first-order chi connectivity index (χ1) is 9.99. The van der Waals surface area contributed by atoms with Gasteiger partial charge >= 0.3 is 12.0 Å². The molecule has 6 heteroatoms. The number of rotatable bonds is 5. The van der Waals surface area contributed by atoms with E-state index >= 15 is 0 Å². The zero-order chi connectivity index (χ0) is 15.4. The van der Waals surface area contributed by atoms with E-state index in [0.29, 0.717) is 12.5 Å². The molecule has 0 atom stereocenters. The minimum Gasteiger partial charge on any atom is -0.464 e. The average molecular weight is 288 g/mol. The van der Waals surface area contributed by atoms with Crippen LogP contribution in [0, 0.1) is 6.92 Å². The summed E-state index contributed by atoms with van der Waals surface area (Å²) in [7, 11) is 0. The monoisotopic (exact) mass is 288 g/mol. The number of aromatic nitrogens is 3. The quantitative estimate of drug-likeness (QED) is 0.910. The number of nitrogen functional groups attached to an aromatic ring is 1. The fourth-order valence-electron chi connectivity index (χ4n) is 1.90. The molecule has 0 saturated heterocycles. The van der Waals surface area contributed by atoms with E-state index in [2.05, 4.69) is 34.9 Å². The van der Waals surface area contributed by atoms with Gasteiger partial charge in [0.2, 0.25) is 5.95 Å². The van der Waals surface area contributed by atoms with Crippen molar-refractivity contribution in [3.8, 4) is 17.8 Å².